The molecule has 1 saturated carbocycles. The van der Waals surface area contributed by atoms with Crippen LogP contribution in [0.4, 0.5) is 22.5 Å². The van der Waals surface area contributed by atoms with Crippen LogP contribution in [0.5, 0.6) is 0 Å². The standard InChI is InChI=1S/C98H128N18O17/c1-60-16-11-10-12-17-61(2)79(127-7)50-74-18-15-28-98(126,133-74)88(121)93(123)115-30-14-13-19-76(115)94(124)131-80(51-77(117)62(3)45-65(6)86(120)87(129-9)85(119)64(5)44-60)63(4)46-66-21-23-78(81(48-66)128-8)132-97(125)114-32-26-75-73(58-114)55-104-96(107-75)112-39-37-110(38-40-112)82(118)27-42-130-43-41-109-33-35-111(36-34-109)95-102-53-72(54-103-95)92(122)113-31-25-68-47-67(20-22-70(68)57-113)56-116-91-83(89(99)105-59-106-91)84(108-116)71-49-69-24-29-100-90(69)101-52-71/h10-12,16-17,20,22,24,29,45,47,49,52-55,59-60,62-64,66,74,76,78-81,86-87,120,126H,13-15,18-19,21,23,25-28,30-44,46,48,50-51,56-58H2,1-9H3,(H,100,101)(H2,99,105,106)/b12-10+,16-11+,61-17+,65-45+/t60-,62-,63-,64-,66+,74+,76+,78-,79+,80+,81-,86-,87+,98-/m1/s1. The molecule has 5 N–H and O–H groups in total. The molecule has 6 aromatic heterocycles. The number of anilines is 3. The van der Waals surface area contributed by atoms with Gasteiger partial charge in [0.15, 0.2) is 11.4 Å². The van der Waals surface area contributed by atoms with Gasteiger partial charge < -0.3 is 83.5 Å². The molecule has 4 saturated heterocycles. The van der Waals surface area contributed by atoms with Gasteiger partial charge in [-0.1, -0.05) is 82.4 Å². The molecule has 712 valence electrons. The molecule has 35 heteroatoms. The van der Waals surface area contributed by atoms with Crippen molar-refractivity contribution in [2.45, 2.75) is 218 Å². The van der Waals surface area contributed by atoms with E-state index in [1.807, 2.05) is 90.9 Å². The Morgan fingerprint density at radius 2 is 1.49 bits per heavy atom. The monoisotopic (exact) mass is 1830 g/mol. The second kappa shape index (κ2) is 43.9. The number of carbonyl (C=O) groups is 8. The lowest BCUT2D eigenvalue weighted by Crippen LogP contribution is -2.58. The number of fused-ring (bicyclic) bond motifs is 7. The molecule has 5 fully saturated rings. The summed E-state index contributed by atoms with van der Waals surface area (Å²) >= 11 is 0. The van der Waals surface area contributed by atoms with Crippen molar-refractivity contribution >= 4 is 86.9 Å². The molecule has 7 aliphatic heterocycles. The number of aliphatic hydroxyl groups excluding tert-OH is 1. The van der Waals surface area contributed by atoms with E-state index in [0.717, 1.165) is 64.2 Å². The van der Waals surface area contributed by atoms with E-state index >= 15 is 0 Å². The third kappa shape index (κ3) is 23.1. The first-order valence-electron chi connectivity index (χ1n) is 47.2. The van der Waals surface area contributed by atoms with Crippen molar-refractivity contribution < 1.29 is 81.7 Å². The van der Waals surface area contributed by atoms with Crippen LogP contribution >= 0.6 is 0 Å². The van der Waals surface area contributed by atoms with Crippen LogP contribution in [0.2, 0.25) is 0 Å². The number of nitrogens with zero attached hydrogens (tertiary/aromatic N) is 16. The van der Waals surface area contributed by atoms with Gasteiger partial charge in [-0.25, -0.2) is 49.2 Å². The fourth-order valence-corrected chi connectivity index (χ4v) is 20.0. The molecule has 15 rings (SSSR count). The van der Waals surface area contributed by atoms with Crippen molar-refractivity contribution in [2.24, 2.45) is 29.6 Å². The topological polar surface area (TPSA) is 414 Å². The Bertz CT molecular complexity index is 5450. The molecule has 35 nitrogen and oxygen atoms in total. The SMILES string of the molecule is CO[C@H]1C[C@@H]2CCC[C@@](O)(O2)C(=O)C(=O)N2CCCC[C@H]2C(=O)O[C@H]([C@H](C)C[C@@H]2CC[C@@H](OC(=O)N3CCc4nc(N5CCN(C(=O)CCOCCN6CCN(c7ncc(C(=O)N8CCc9cc(Cn%10nc(-c%11cnc%12[nH]ccc%12c%11)c%11c(N)ncnc%11%10)ccc9C8)cn7)CC6)CC5)ncc4C3)[C@H](OC)C2)CC(=O)[C@H](C)/C=C(\C)[C@@H](O)[C@@H](OC)C(=O)[C@H](C)C[C@H](C)/C=C/C=C/C=C/1C. The van der Waals surface area contributed by atoms with E-state index in [0.29, 0.717) is 195 Å². The first kappa shape index (κ1) is 96.4. The average molecular weight is 1830 g/mol. The molecule has 14 atom stereocenters. The van der Waals surface area contributed by atoms with E-state index in [-0.39, 0.29) is 80.4 Å². The summed E-state index contributed by atoms with van der Waals surface area (Å²) in [5, 5.41) is 30.3. The minimum absolute atomic E-state index is 0.0208. The van der Waals surface area contributed by atoms with Crippen LogP contribution in [0, 0.1) is 29.6 Å². The van der Waals surface area contributed by atoms with Crippen LogP contribution in [0.15, 0.2) is 115 Å². The summed E-state index contributed by atoms with van der Waals surface area (Å²) in [6.45, 7) is 19.7. The number of ketones is 3. The molecule has 2 bridgehead atoms. The number of nitrogen functional groups attached to an aromatic ring is 1. The summed E-state index contributed by atoms with van der Waals surface area (Å²) in [5.41, 5.74) is 15.9. The van der Waals surface area contributed by atoms with Crippen LogP contribution in [0.3, 0.4) is 0 Å². The highest BCUT2D eigenvalue weighted by Crippen LogP contribution is 2.39. The number of benzene rings is 1. The van der Waals surface area contributed by atoms with Gasteiger partial charge >= 0.3 is 12.1 Å². The summed E-state index contributed by atoms with van der Waals surface area (Å²) in [6, 6.07) is 9.12. The quantitative estimate of drug-likeness (QED) is 0.0253. The lowest BCUT2D eigenvalue weighted by Gasteiger charge is -2.40. The number of methoxy groups -OCH3 is 3. The third-order valence-corrected chi connectivity index (χ3v) is 28.0. The highest BCUT2D eigenvalue weighted by Gasteiger charge is 2.50. The number of hydrogen-bond acceptors (Lipinski definition) is 29. The van der Waals surface area contributed by atoms with Crippen LogP contribution in [0.25, 0.3) is 33.3 Å². The fraction of sp³-hybridized carbons (Fsp3) is 0.571. The molecule has 13 heterocycles. The van der Waals surface area contributed by atoms with Gasteiger partial charge in [-0.05, 0) is 142 Å². The number of cyclic esters (lactones) is 1. The van der Waals surface area contributed by atoms with Gasteiger partial charge in [0.05, 0.1) is 67.7 Å². The van der Waals surface area contributed by atoms with Crippen molar-refractivity contribution in [3.63, 3.8) is 0 Å². The maximum atomic E-state index is 14.8. The summed E-state index contributed by atoms with van der Waals surface area (Å²) in [7, 11) is 4.52. The number of amides is 4. The Kier molecular flexibility index (Phi) is 31.8. The predicted molar refractivity (Wildman–Crippen MR) is 495 cm³/mol. The number of rotatable bonds is 19. The largest absolute Gasteiger partial charge is 0.460 e. The molecule has 7 aromatic rings. The molecule has 1 aromatic carbocycles. The Morgan fingerprint density at radius 3 is 2.27 bits per heavy atom. The predicted octanol–water partition coefficient (Wildman–Crippen LogP) is 9.11. The molecule has 0 radical (unpaired) electrons. The van der Waals surface area contributed by atoms with Crippen molar-refractivity contribution in [1.29, 1.82) is 0 Å². The number of H-pyrrole nitrogens is 1. The Hall–Kier alpha value is -11.2. The maximum Gasteiger partial charge on any atom is 0.410 e. The third-order valence-electron chi connectivity index (χ3n) is 28.0. The van der Waals surface area contributed by atoms with E-state index in [1.165, 1.54) is 23.9 Å². The van der Waals surface area contributed by atoms with E-state index in [9.17, 15) is 48.6 Å². The van der Waals surface area contributed by atoms with Gasteiger partial charge in [-0.15, -0.1) is 0 Å². The van der Waals surface area contributed by atoms with Crippen LogP contribution in [-0.4, -0.2) is 299 Å². The number of allylic oxidation sites excluding steroid dienone is 6. The minimum Gasteiger partial charge on any atom is -0.460 e. The minimum atomic E-state index is -2.45. The van der Waals surface area contributed by atoms with E-state index in [2.05, 4.69) is 62.8 Å². The number of aromatic amines is 1. The average Bonchev–Trinajstić information content (AvgIpc) is 1.62. The number of piperazine rings is 2. The molecule has 1 aliphatic carbocycles. The Labute approximate surface area is 775 Å². The van der Waals surface area contributed by atoms with Crippen molar-refractivity contribution in [1.82, 2.24) is 74.2 Å². The van der Waals surface area contributed by atoms with Gasteiger partial charge in [-0.3, -0.25) is 33.7 Å². The lowest BCUT2D eigenvalue weighted by atomic mass is 9.78. The molecular weight excluding hydrogens is 1700 g/mol. The number of aromatic nitrogens is 10. The van der Waals surface area contributed by atoms with Gasteiger partial charge in [0.2, 0.25) is 23.6 Å². The van der Waals surface area contributed by atoms with E-state index in [4.69, 9.17) is 54.0 Å². The van der Waals surface area contributed by atoms with Crippen molar-refractivity contribution in [3.8, 4) is 11.3 Å². The van der Waals surface area contributed by atoms with Gasteiger partial charge in [0, 0.05) is 191 Å². The molecule has 4 amide bonds. The molecular formula is C98H128N18O17. The number of esters is 1. The Morgan fingerprint density at radius 1 is 0.722 bits per heavy atom. The second-order valence-corrected chi connectivity index (χ2v) is 37.3. The number of pyridine rings is 1. The highest BCUT2D eigenvalue weighted by atomic mass is 16.6. The van der Waals surface area contributed by atoms with Crippen LogP contribution in [0.1, 0.15) is 170 Å². The fourth-order valence-electron chi connectivity index (χ4n) is 20.0. The van der Waals surface area contributed by atoms with Crippen molar-refractivity contribution in [3.05, 3.63) is 149 Å². The zero-order valence-electron chi connectivity index (χ0n) is 77.9. The van der Waals surface area contributed by atoms with Gasteiger partial charge in [-0.2, -0.15) is 5.10 Å². The number of carbonyl (C=O) groups excluding carboxylic acids is 8. The first-order chi connectivity index (χ1) is 64.2. The summed E-state index contributed by atoms with van der Waals surface area (Å²) in [4.78, 5) is 162. The number of hydrogen-bond donors (Lipinski definition) is 4. The number of ether oxygens (including phenoxy) is 7. The number of piperidine rings is 1. The van der Waals surface area contributed by atoms with Gasteiger partial charge in [0.25, 0.3) is 17.6 Å². The van der Waals surface area contributed by atoms with Crippen LogP contribution in [-0.2, 0) is 94.4 Å². The number of aliphatic hydroxyl groups is 2. The first-order valence-corrected chi connectivity index (χ1v) is 47.2. The highest BCUT2D eigenvalue weighted by molar-refractivity contribution is 6.39. The second-order valence-electron chi connectivity index (χ2n) is 37.3. The van der Waals surface area contributed by atoms with E-state index < -0.39 is 96.1 Å². The molecule has 133 heavy (non-hydrogen) atoms. The molecule has 0 unspecified atom stereocenters. The maximum absolute atomic E-state index is 14.8. The summed E-state index contributed by atoms with van der Waals surface area (Å²) in [6.07, 6.45) is 20.9. The lowest BCUT2D eigenvalue weighted by molar-refractivity contribution is -0.245. The summed E-state index contributed by atoms with van der Waals surface area (Å²) in [5.74, 6) is -6.48. The molecule has 0 spiro atoms. The van der Waals surface area contributed by atoms with Crippen molar-refractivity contribution in [2.75, 3.05) is 129 Å². The van der Waals surface area contributed by atoms with Crippen LogP contribution < -0.4 is 15.5 Å². The molecule has 8 aliphatic rings. The van der Waals surface area contributed by atoms with Gasteiger partial charge in [0.1, 0.15) is 59.7 Å². The zero-order valence-corrected chi connectivity index (χ0v) is 77.9. The normalized spacial score (nSPS) is 27.8. The smallest absolute Gasteiger partial charge is 0.410 e. The number of nitrogens with two attached hydrogens (primary N) is 1. The number of nitrogens with one attached hydrogen (secondary N) is 1. The number of Topliss-reactive ketones (excluding diaryl/α,β-unsaturated/α-hetero) is 3. The Balaban J connectivity index is 0.483. The zero-order chi connectivity index (χ0) is 93.7. The van der Waals surface area contributed by atoms with E-state index in [1.54, 1.807) is 63.8 Å². The summed E-state index contributed by atoms with van der Waals surface area (Å²) < 4.78 is 44.3.